The van der Waals surface area contributed by atoms with Crippen LogP contribution >= 0.6 is 34.8 Å². The Hall–Kier alpha value is -1.83. The van der Waals surface area contributed by atoms with Crippen molar-refractivity contribution < 1.29 is 14.7 Å². The highest BCUT2D eigenvalue weighted by atomic mass is 35.5. The van der Waals surface area contributed by atoms with Crippen LogP contribution in [-0.2, 0) is 9.59 Å². The summed E-state index contributed by atoms with van der Waals surface area (Å²) < 4.78 is 0. The summed E-state index contributed by atoms with van der Waals surface area (Å²) in [7, 11) is 0. The van der Waals surface area contributed by atoms with Crippen molar-refractivity contribution in [1.29, 1.82) is 0 Å². The number of nitrogens with one attached hydrogen (secondary N) is 3. The highest BCUT2D eigenvalue weighted by Gasteiger charge is 2.43. The van der Waals surface area contributed by atoms with Crippen LogP contribution in [0, 0.1) is 11.3 Å². The molecule has 0 spiro atoms. The fourth-order valence-corrected chi connectivity index (χ4v) is 5.92. The van der Waals surface area contributed by atoms with Crippen LogP contribution in [0.15, 0.2) is 42.5 Å². The Morgan fingerprint density at radius 2 is 1.70 bits per heavy atom. The summed E-state index contributed by atoms with van der Waals surface area (Å²) in [4.78, 5) is 23.3. The molecule has 4 N–H and O–H groups in total. The summed E-state index contributed by atoms with van der Waals surface area (Å²) in [6.07, 6.45) is 4.96. The van der Waals surface area contributed by atoms with Crippen molar-refractivity contribution in [2.24, 2.45) is 11.3 Å². The molecule has 1 saturated carbocycles. The molecule has 3 atom stereocenters. The van der Waals surface area contributed by atoms with Crippen LogP contribution in [0.2, 0.25) is 15.1 Å². The first-order chi connectivity index (χ1) is 19.0. The number of anilines is 1. The predicted octanol–water partition coefficient (Wildman–Crippen LogP) is 7.46. The molecule has 2 aromatic rings. The minimum Gasteiger partial charge on any atom is -0.393 e. The predicted molar refractivity (Wildman–Crippen MR) is 167 cm³/mol. The molecule has 6 nitrogen and oxygen atoms in total. The average molecular weight is 613 g/mol. The minimum absolute atomic E-state index is 0.0393. The quantitative estimate of drug-likeness (QED) is 0.255. The Balaban J connectivity index is 0.000000391. The third kappa shape index (κ3) is 10.5. The number of aliphatic hydroxyl groups excluding tert-OH is 1. The monoisotopic (exact) mass is 611 g/mol. The van der Waals surface area contributed by atoms with Gasteiger partial charge in [0.1, 0.15) is 0 Å². The lowest BCUT2D eigenvalue weighted by Gasteiger charge is -2.29. The maximum absolute atomic E-state index is 13.3. The van der Waals surface area contributed by atoms with Crippen LogP contribution in [0.4, 0.5) is 5.69 Å². The summed E-state index contributed by atoms with van der Waals surface area (Å²) in [5.74, 6) is -0.366. The van der Waals surface area contributed by atoms with Gasteiger partial charge in [-0.15, -0.1) is 0 Å². The van der Waals surface area contributed by atoms with E-state index in [0.717, 1.165) is 44.1 Å². The average Bonchev–Trinajstić information content (AvgIpc) is 3.30. The van der Waals surface area contributed by atoms with Crippen molar-refractivity contribution in [3.8, 4) is 0 Å². The fraction of sp³-hybridized carbons (Fsp3) is 0.548. The summed E-state index contributed by atoms with van der Waals surface area (Å²) in [5.41, 5.74) is 1.68. The number of carbonyl (C=O) groups is 2. The number of hydrogen-bond donors (Lipinski definition) is 4. The van der Waals surface area contributed by atoms with Crippen LogP contribution in [0.5, 0.6) is 0 Å². The molecule has 2 aliphatic rings. The Kier molecular flexibility index (Phi) is 14.2. The third-order valence-corrected chi connectivity index (χ3v) is 8.14. The lowest BCUT2D eigenvalue weighted by molar-refractivity contribution is -0.120. The molecule has 1 saturated heterocycles. The van der Waals surface area contributed by atoms with E-state index in [1.165, 1.54) is 0 Å². The molecule has 0 bridgehead atoms. The van der Waals surface area contributed by atoms with Gasteiger partial charge in [-0.1, -0.05) is 87.6 Å². The van der Waals surface area contributed by atoms with Gasteiger partial charge < -0.3 is 21.1 Å². The van der Waals surface area contributed by atoms with Gasteiger partial charge in [-0.3, -0.25) is 9.59 Å². The van der Waals surface area contributed by atoms with Gasteiger partial charge >= 0.3 is 0 Å². The Labute approximate surface area is 254 Å². The molecule has 9 heteroatoms. The second-order valence-corrected chi connectivity index (χ2v) is 12.6. The highest BCUT2D eigenvalue weighted by molar-refractivity contribution is 6.42. The maximum Gasteiger partial charge on any atom is 0.229 e. The molecule has 4 rings (SSSR count). The summed E-state index contributed by atoms with van der Waals surface area (Å²) in [5, 5.41) is 20.0. The number of rotatable bonds is 6. The van der Waals surface area contributed by atoms with Crippen LogP contribution in [0.1, 0.15) is 78.2 Å². The number of amides is 2. The zero-order chi connectivity index (χ0) is 29.9. The normalized spacial score (nSPS) is 24.1. The van der Waals surface area contributed by atoms with Gasteiger partial charge in [0, 0.05) is 35.3 Å². The van der Waals surface area contributed by atoms with Gasteiger partial charge in [-0.2, -0.15) is 0 Å². The minimum atomic E-state index is -0.269. The number of benzene rings is 2. The SMILES string of the molecule is CC.CC(C)(C)CC1NCC(c2cccc(Cl)c2Cl)C1C(=O)Nc1cccc(Cl)c1.O=CNC1CCC(O)CC1. The molecular weight excluding hydrogens is 569 g/mol. The number of halogens is 3. The number of aliphatic hydroxyl groups is 1. The molecule has 1 heterocycles. The largest absolute Gasteiger partial charge is 0.393 e. The van der Waals surface area contributed by atoms with Crippen LogP contribution < -0.4 is 16.0 Å². The fourth-order valence-electron chi connectivity index (χ4n) is 5.28. The van der Waals surface area contributed by atoms with E-state index in [9.17, 15) is 9.59 Å². The topological polar surface area (TPSA) is 90.5 Å². The number of carbonyl (C=O) groups excluding carboxylic acids is 2. The molecule has 222 valence electrons. The van der Waals surface area contributed by atoms with E-state index in [4.69, 9.17) is 39.9 Å². The third-order valence-electron chi connectivity index (χ3n) is 7.08. The Bertz CT molecular complexity index is 1080. The maximum atomic E-state index is 13.3. The van der Waals surface area contributed by atoms with Gasteiger partial charge in [-0.25, -0.2) is 0 Å². The zero-order valence-corrected chi connectivity index (χ0v) is 26.4. The van der Waals surface area contributed by atoms with Crippen LogP contribution in [0.25, 0.3) is 0 Å². The second kappa shape index (κ2) is 16.6. The molecule has 1 aliphatic heterocycles. The summed E-state index contributed by atoms with van der Waals surface area (Å²) in [6.45, 7) is 11.2. The molecule has 40 heavy (non-hydrogen) atoms. The van der Waals surface area contributed by atoms with Gasteiger partial charge in [0.05, 0.1) is 22.1 Å². The van der Waals surface area contributed by atoms with Gasteiger partial charge in [-0.05, 0) is 67.3 Å². The first-order valence-corrected chi connectivity index (χ1v) is 15.2. The van der Waals surface area contributed by atoms with Gasteiger partial charge in [0.2, 0.25) is 12.3 Å². The van der Waals surface area contributed by atoms with E-state index in [0.29, 0.717) is 33.3 Å². The van der Waals surface area contributed by atoms with Gasteiger partial charge in [0.15, 0.2) is 0 Å². The van der Waals surface area contributed by atoms with E-state index in [-0.39, 0.29) is 35.3 Å². The first kappa shape index (κ1) is 34.4. The van der Waals surface area contributed by atoms with Crippen LogP contribution in [-0.4, -0.2) is 42.2 Å². The zero-order valence-electron chi connectivity index (χ0n) is 24.1. The van der Waals surface area contributed by atoms with Crippen molar-refractivity contribution in [3.63, 3.8) is 0 Å². The van der Waals surface area contributed by atoms with Crippen molar-refractivity contribution in [1.82, 2.24) is 10.6 Å². The molecule has 0 aromatic heterocycles. The van der Waals surface area contributed by atoms with E-state index < -0.39 is 0 Å². The van der Waals surface area contributed by atoms with E-state index in [2.05, 4.69) is 36.7 Å². The molecule has 1 aliphatic carbocycles. The van der Waals surface area contributed by atoms with E-state index >= 15 is 0 Å². The van der Waals surface area contributed by atoms with Gasteiger partial charge in [0.25, 0.3) is 0 Å². The molecule has 2 amide bonds. The number of hydrogen-bond acceptors (Lipinski definition) is 4. The van der Waals surface area contributed by atoms with Crippen molar-refractivity contribution in [2.75, 3.05) is 11.9 Å². The Morgan fingerprint density at radius 1 is 1.05 bits per heavy atom. The summed E-state index contributed by atoms with van der Waals surface area (Å²) >= 11 is 18.8. The van der Waals surface area contributed by atoms with Crippen LogP contribution in [0.3, 0.4) is 0 Å². The molecule has 0 radical (unpaired) electrons. The smallest absolute Gasteiger partial charge is 0.229 e. The Morgan fingerprint density at radius 3 is 2.30 bits per heavy atom. The molecule has 2 fully saturated rings. The second-order valence-electron chi connectivity index (χ2n) is 11.3. The first-order valence-electron chi connectivity index (χ1n) is 14.1. The molecular formula is C31H44Cl3N3O3. The van der Waals surface area contributed by atoms with Crippen molar-refractivity contribution in [2.45, 2.75) is 90.8 Å². The van der Waals surface area contributed by atoms with Crippen molar-refractivity contribution in [3.05, 3.63) is 63.1 Å². The highest BCUT2D eigenvalue weighted by Crippen LogP contribution is 2.41. The summed E-state index contributed by atoms with van der Waals surface area (Å²) in [6, 6.07) is 13.2. The molecule has 2 aromatic carbocycles. The lowest BCUT2D eigenvalue weighted by Crippen LogP contribution is -2.38. The van der Waals surface area contributed by atoms with Crippen molar-refractivity contribution >= 4 is 52.8 Å². The van der Waals surface area contributed by atoms with E-state index in [1.54, 1.807) is 18.2 Å². The lowest BCUT2D eigenvalue weighted by atomic mass is 9.78. The van der Waals surface area contributed by atoms with E-state index in [1.807, 2.05) is 38.1 Å². The molecule has 3 unspecified atom stereocenters. The standard InChI is InChI=1S/C22H25Cl3N2O.C7H13NO2.C2H6/c1-22(2,3)11-18-19(21(28)27-14-7-4-6-13(23)10-14)16(12-26-18)15-8-5-9-17(24)20(15)25;9-5-8-6-1-3-7(10)4-2-6;1-2/h4-10,16,18-19,26H,11-12H2,1-3H3,(H,27,28);5-7,10H,1-4H2,(H,8,9);1-2H3.